The van der Waals surface area contributed by atoms with E-state index in [0.29, 0.717) is 25.7 Å². The Morgan fingerprint density at radius 3 is 0.667 bits per heavy atom. The number of carbonyl (C=O) groups excluding carboxylic acids is 4. The molecule has 17 nitrogen and oxygen atoms in total. The molecular formula is C83H162O17P2. The predicted octanol–water partition coefficient (Wildman–Crippen LogP) is 24.9. The molecule has 2 unspecified atom stereocenters. The molecule has 0 aliphatic heterocycles. The normalized spacial score (nSPS) is 13.9. The van der Waals surface area contributed by atoms with Crippen LogP contribution in [0.25, 0.3) is 0 Å². The van der Waals surface area contributed by atoms with Crippen molar-refractivity contribution in [3.63, 3.8) is 0 Å². The minimum Gasteiger partial charge on any atom is -0.462 e. The number of unbranched alkanes of at least 4 members (excludes halogenated alkanes) is 49. The molecule has 5 atom stereocenters. The summed E-state index contributed by atoms with van der Waals surface area (Å²) in [5, 5.41) is 10.7. The van der Waals surface area contributed by atoms with Crippen molar-refractivity contribution in [2.45, 2.75) is 452 Å². The molecule has 0 heterocycles. The maximum Gasteiger partial charge on any atom is 0.472 e. The second-order valence-corrected chi connectivity index (χ2v) is 34.2. The summed E-state index contributed by atoms with van der Waals surface area (Å²) in [5.41, 5.74) is 0. The lowest BCUT2D eigenvalue weighted by atomic mass is 10.0. The van der Waals surface area contributed by atoms with Crippen LogP contribution < -0.4 is 0 Å². The summed E-state index contributed by atoms with van der Waals surface area (Å²) in [6.45, 7) is 12.0. The van der Waals surface area contributed by atoms with Gasteiger partial charge in [-0.25, -0.2) is 9.13 Å². The van der Waals surface area contributed by atoms with Crippen LogP contribution in [0.5, 0.6) is 0 Å². The lowest BCUT2D eigenvalue weighted by Gasteiger charge is -2.21. The van der Waals surface area contributed by atoms with Crippen molar-refractivity contribution >= 4 is 39.5 Å². The molecule has 0 rings (SSSR count). The van der Waals surface area contributed by atoms with Crippen LogP contribution in [-0.2, 0) is 65.4 Å². The number of rotatable bonds is 81. The maximum absolute atomic E-state index is 13.1. The lowest BCUT2D eigenvalue weighted by Crippen LogP contribution is -2.30. The first-order valence-electron chi connectivity index (χ1n) is 42.8. The molecular weight excluding hydrogens is 1330 g/mol. The van der Waals surface area contributed by atoms with Crippen LogP contribution in [0.3, 0.4) is 0 Å². The Kier molecular flexibility index (Phi) is 71.8. The largest absolute Gasteiger partial charge is 0.472 e. The summed E-state index contributed by atoms with van der Waals surface area (Å²) in [7, 11) is -9.93. The van der Waals surface area contributed by atoms with Crippen LogP contribution in [0.4, 0.5) is 0 Å². The smallest absolute Gasteiger partial charge is 0.462 e. The Bertz CT molecular complexity index is 1970. The van der Waals surface area contributed by atoms with Gasteiger partial charge in [0.05, 0.1) is 26.4 Å². The highest BCUT2D eigenvalue weighted by molar-refractivity contribution is 7.47. The summed E-state index contributed by atoms with van der Waals surface area (Å²) in [6.07, 6.45) is 62.4. The zero-order chi connectivity index (χ0) is 75.1. The van der Waals surface area contributed by atoms with Crippen molar-refractivity contribution in [1.29, 1.82) is 0 Å². The monoisotopic (exact) mass is 1490 g/mol. The predicted molar refractivity (Wildman–Crippen MR) is 418 cm³/mol. The van der Waals surface area contributed by atoms with E-state index in [1.807, 2.05) is 0 Å². The molecule has 0 spiro atoms. The maximum atomic E-state index is 13.1. The number of ether oxygens (including phenoxy) is 4. The second-order valence-electron chi connectivity index (χ2n) is 31.3. The second kappa shape index (κ2) is 73.2. The highest BCUT2D eigenvalue weighted by atomic mass is 31.2. The Morgan fingerprint density at radius 1 is 0.265 bits per heavy atom. The van der Waals surface area contributed by atoms with Crippen LogP contribution in [0, 0.1) is 17.8 Å². The van der Waals surface area contributed by atoms with Crippen molar-refractivity contribution in [1.82, 2.24) is 0 Å². The van der Waals surface area contributed by atoms with Crippen LogP contribution in [-0.4, -0.2) is 96.7 Å². The molecule has 102 heavy (non-hydrogen) atoms. The molecule has 606 valence electrons. The zero-order valence-corrected chi connectivity index (χ0v) is 68.9. The van der Waals surface area contributed by atoms with E-state index < -0.39 is 97.5 Å². The number of aliphatic hydroxyl groups excluding tert-OH is 1. The standard InChI is InChI=1S/C83H162O17P2/c1-8-9-10-11-12-13-14-15-16-17-18-19-20-21-24-28-38-45-52-59-66-82(87)99-78(70-93-80(85)64-57-50-43-36-27-25-22-23-26-33-40-47-54-61-74(2)3)72-97-101(89,90)95-68-77(84)69-96-102(91,92)98-73-79(100-83(88)67-60-53-46-39-32-30-35-42-49-56-63-76(6)7)71-94-81(86)65-58-51-44-37-31-29-34-41-48-55-62-75(4)5/h74-79,84H,8-73H2,1-7H3,(H,89,90)(H,91,92)/t77-,78-,79-/m1/s1. The fourth-order valence-corrected chi connectivity index (χ4v) is 14.4. The topological polar surface area (TPSA) is 237 Å². The Morgan fingerprint density at radius 2 is 0.451 bits per heavy atom. The molecule has 0 amide bonds. The van der Waals surface area contributed by atoms with Crippen LogP contribution in [0.1, 0.15) is 434 Å². The van der Waals surface area contributed by atoms with Gasteiger partial charge in [-0.2, -0.15) is 0 Å². The van der Waals surface area contributed by atoms with Crippen molar-refractivity contribution in [3.05, 3.63) is 0 Å². The molecule has 0 aliphatic rings. The summed E-state index contributed by atoms with van der Waals surface area (Å²) in [6, 6.07) is 0. The van der Waals surface area contributed by atoms with E-state index >= 15 is 0 Å². The molecule has 0 fully saturated rings. The fraction of sp³-hybridized carbons (Fsp3) is 0.952. The average Bonchev–Trinajstić information content (AvgIpc) is 0.917. The highest BCUT2D eigenvalue weighted by Gasteiger charge is 2.30. The third kappa shape index (κ3) is 76.3. The fourth-order valence-electron chi connectivity index (χ4n) is 12.8. The summed E-state index contributed by atoms with van der Waals surface area (Å²) >= 11 is 0. The van der Waals surface area contributed by atoms with Gasteiger partial charge in [-0.05, 0) is 43.4 Å². The van der Waals surface area contributed by atoms with Gasteiger partial charge in [0.2, 0.25) is 0 Å². The summed E-state index contributed by atoms with van der Waals surface area (Å²) in [5.74, 6) is 0.193. The minimum atomic E-state index is -4.96. The third-order valence-electron chi connectivity index (χ3n) is 19.4. The lowest BCUT2D eigenvalue weighted by molar-refractivity contribution is -0.161. The van der Waals surface area contributed by atoms with E-state index in [1.165, 1.54) is 244 Å². The van der Waals surface area contributed by atoms with Gasteiger partial charge >= 0.3 is 39.5 Å². The van der Waals surface area contributed by atoms with Gasteiger partial charge in [0.15, 0.2) is 12.2 Å². The first-order chi connectivity index (χ1) is 49.2. The Balaban J connectivity index is 5.25. The SMILES string of the molecule is CCCCCCCCCCCCCCCCCCCCCCC(=O)O[C@H](COC(=O)CCCCCCCCCCCCCCCC(C)C)COP(=O)(O)OC[C@@H](O)COP(=O)(O)OC[C@@H](COC(=O)CCCCCCCCCCCCC(C)C)OC(=O)CCCCCCCCCCCCC(C)C. The molecule has 0 bridgehead atoms. The van der Waals surface area contributed by atoms with Crippen LogP contribution >= 0.6 is 15.6 Å². The molecule has 0 aromatic rings. The number of aliphatic hydroxyl groups is 1. The van der Waals surface area contributed by atoms with E-state index in [2.05, 4.69) is 48.5 Å². The Labute approximate surface area is 626 Å². The van der Waals surface area contributed by atoms with E-state index in [4.69, 9.17) is 37.0 Å². The van der Waals surface area contributed by atoms with Gasteiger partial charge in [0.1, 0.15) is 19.3 Å². The quantitative estimate of drug-likeness (QED) is 0.0222. The van der Waals surface area contributed by atoms with Crippen LogP contribution in [0.15, 0.2) is 0 Å². The molecule has 0 saturated carbocycles. The molecule has 0 aliphatic carbocycles. The van der Waals surface area contributed by atoms with Gasteiger partial charge in [-0.3, -0.25) is 37.3 Å². The molecule has 0 aromatic carbocycles. The average molecular weight is 1490 g/mol. The molecule has 0 radical (unpaired) electrons. The summed E-state index contributed by atoms with van der Waals surface area (Å²) < 4.78 is 68.8. The van der Waals surface area contributed by atoms with Crippen molar-refractivity contribution < 1.29 is 80.2 Å². The number of phosphoric acid groups is 2. The molecule has 0 saturated heterocycles. The Hall–Kier alpha value is -1.94. The highest BCUT2D eigenvalue weighted by Crippen LogP contribution is 2.45. The summed E-state index contributed by atoms with van der Waals surface area (Å²) in [4.78, 5) is 73.1. The first-order valence-corrected chi connectivity index (χ1v) is 45.8. The molecule has 19 heteroatoms. The van der Waals surface area contributed by atoms with E-state index in [1.54, 1.807) is 0 Å². The van der Waals surface area contributed by atoms with E-state index in [0.717, 1.165) is 108 Å². The number of carbonyl (C=O) groups is 4. The number of phosphoric ester groups is 2. The van der Waals surface area contributed by atoms with Gasteiger partial charge in [0, 0.05) is 25.7 Å². The first kappa shape index (κ1) is 100. The van der Waals surface area contributed by atoms with E-state index in [-0.39, 0.29) is 25.7 Å². The van der Waals surface area contributed by atoms with Crippen molar-refractivity contribution in [2.75, 3.05) is 39.6 Å². The van der Waals surface area contributed by atoms with Gasteiger partial charge in [-0.1, -0.05) is 382 Å². The van der Waals surface area contributed by atoms with Gasteiger partial charge in [-0.15, -0.1) is 0 Å². The number of esters is 4. The van der Waals surface area contributed by atoms with Crippen molar-refractivity contribution in [3.8, 4) is 0 Å². The van der Waals surface area contributed by atoms with Gasteiger partial charge < -0.3 is 33.8 Å². The molecule has 3 N–H and O–H groups in total. The van der Waals surface area contributed by atoms with Crippen molar-refractivity contribution in [2.24, 2.45) is 17.8 Å². The number of hydrogen-bond acceptors (Lipinski definition) is 15. The van der Waals surface area contributed by atoms with Gasteiger partial charge in [0.25, 0.3) is 0 Å². The van der Waals surface area contributed by atoms with Crippen LogP contribution in [0.2, 0.25) is 0 Å². The minimum absolute atomic E-state index is 0.106. The third-order valence-corrected chi connectivity index (χ3v) is 21.3. The molecule has 0 aromatic heterocycles. The van der Waals surface area contributed by atoms with E-state index in [9.17, 15) is 43.2 Å². The number of hydrogen-bond donors (Lipinski definition) is 3. The zero-order valence-electron chi connectivity index (χ0n) is 67.1.